The zero-order valence-electron chi connectivity index (χ0n) is 12.4. The molecular weight excluding hydrogens is 254 g/mol. The third-order valence-corrected chi connectivity index (χ3v) is 3.78. The lowest BCUT2D eigenvalue weighted by atomic mass is 9.86. The molecule has 0 bridgehead atoms. The summed E-state index contributed by atoms with van der Waals surface area (Å²) >= 11 is 0. The second-order valence-corrected chi connectivity index (χ2v) is 6.30. The van der Waals surface area contributed by atoms with E-state index in [9.17, 15) is 9.59 Å². The van der Waals surface area contributed by atoms with Gasteiger partial charge in [0.15, 0.2) is 0 Å². The van der Waals surface area contributed by atoms with Crippen molar-refractivity contribution in [3.8, 4) is 0 Å². The fourth-order valence-electron chi connectivity index (χ4n) is 2.40. The summed E-state index contributed by atoms with van der Waals surface area (Å²) in [6, 6.07) is 9.27. The molecule has 1 aliphatic heterocycles. The van der Waals surface area contributed by atoms with Gasteiger partial charge in [0.25, 0.3) is 0 Å². The van der Waals surface area contributed by atoms with Crippen molar-refractivity contribution in [2.24, 2.45) is 5.41 Å². The van der Waals surface area contributed by atoms with E-state index < -0.39 is 6.09 Å². The van der Waals surface area contributed by atoms with Crippen LogP contribution in [0.15, 0.2) is 30.3 Å². The van der Waals surface area contributed by atoms with Crippen molar-refractivity contribution in [1.29, 1.82) is 0 Å². The highest BCUT2D eigenvalue weighted by molar-refractivity contribution is 5.97. The van der Waals surface area contributed by atoms with Gasteiger partial charge >= 0.3 is 6.09 Å². The maximum Gasteiger partial charge on any atom is 0.417 e. The fraction of sp³-hybridized carbons (Fsp3) is 0.500. The predicted octanol–water partition coefficient (Wildman–Crippen LogP) is 3.18. The minimum atomic E-state index is -0.530. The molecule has 0 unspecified atom stereocenters. The molecule has 1 saturated heterocycles. The first-order valence-electron chi connectivity index (χ1n) is 6.87. The van der Waals surface area contributed by atoms with E-state index in [1.54, 1.807) is 0 Å². The van der Waals surface area contributed by atoms with E-state index in [1.807, 2.05) is 58.0 Å². The second kappa shape index (κ2) is 5.27. The SMILES string of the molecule is C[C@H](C(=O)N1C(=O)OC[C@@H]1C(C)(C)C)c1ccccc1. The zero-order valence-corrected chi connectivity index (χ0v) is 12.4. The fourth-order valence-corrected chi connectivity index (χ4v) is 2.40. The van der Waals surface area contributed by atoms with E-state index in [2.05, 4.69) is 0 Å². The Morgan fingerprint density at radius 2 is 1.90 bits per heavy atom. The van der Waals surface area contributed by atoms with Gasteiger partial charge in [-0.1, -0.05) is 51.1 Å². The molecule has 20 heavy (non-hydrogen) atoms. The molecule has 0 saturated carbocycles. The van der Waals surface area contributed by atoms with Crippen LogP contribution in [0.3, 0.4) is 0 Å². The van der Waals surface area contributed by atoms with Crippen LogP contribution in [0.25, 0.3) is 0 Å². The van der Waals surface area contributed by atoms with Gasteiger partial charge in [-0.3, -0.25) is 4.79 Å². The average molecular weight is 275 g/mol. The number of nitrogens with zero attached hydrogens (tertiary/aromatic N) is 1. The van der Waals surface area contributed by atoms with Crippen LogP contribution < -0.4 is 0 Å². The molecule has 108 valence electrons. The lowest BCUT2D eigenvalue weighted by Crippen LogP contribution is -2.47. The number of cyclic esters (lactones) is 1. The number of carbonyl (C=O) groups excluding carboxylic acids is 2. The first-order chi connectivity index (χ1) is 9.32. The molecule has 0 aliphatic carbocycles. The van der Waals surface area contributed by atoms with Crippen LogP contribution in [0, 0.1) is 5.41 Å². The topological polar surface area (TPSA) is 46.6 Å². The first-order valence-corrected chi connectivity index (χ1v) is 6.87. The maximum atomic E-state index is 12.6. The Morgan fingerprint density at radius 3 is 2.45 bits per heavy atom. The molecule has 2 amide bonds. The third-order valence-electron chi connectivity index (χ3n) is 3.78. The summed E-state index contributed by atoms with van der Waals surface area (Å²) in [5.41, 5.74) is 0.711. The highest BCUT2D eigenvalue weighted by atomic mass is 16.6. The lowest BCUT2D eigenvalue weighted by Gasteiger charge is -2.32. The summed E-state index contributed by atoms with van der Waals surface area (Å²) in [7, 11) is 0. The van der Waals surface area contributed by atoms with Crippen molar-refractivity contribution in [2.45, 2.75) is 39.7 Å². The Morgan fingerprint density at radius 1 is 1.30 bits per heavy atom. The summed E-state index contributed by atoms with van der Waals surface area (Å²) in [5.74, 6) is -0.551. The van der Waals surface area contributed by atoms with Crippen molar-refractivity contribution < 1.29 is 14.3 Å². The Bertz CT molecular complexity index is 504. The van der Waals surface area contributed by atoms with E-state index in [0.29, 0.717) is 0 Å². The minimum Gasteiger partial charge on any atom is -0.447 e. The summed E-state index contributed by atoms with van der Waals surface area (Å²) in [6.45, 7) is 8.12. The van der Waals surface area contributed by atoms with Crippen molar-refractivity contribution in [2.75, 3.05) is 6.61 Å². The van der Waals surface area contributed by atoms with Crippen LogP contribution in [0.2, 0.25) is 0 Å². The molecule has 1 aliphatic rings. The van der Waals surface area contributed by atoms with E-state index in [-0.39, 0.29) is 29.9 Å². The molecule has 4 heteroatoms. The van der Waals surface area contributed by atoms with Gasteiger partial charge in [0, 0.05) is 0 Å². The van der Waals surface area contributed by atoms with Crippen LogP contribution in [0.5, 0.6) is 0 Å². The van der Waals surface area contributed by atoms with E-state index >= 15 is 0 Å². The molecule has 0 radical (unpaired) electrons. The Hall–Kier alpha value is -1.84. The molecule has 1 aromatic carbocycles. The van der Waals surface area contributed by atoms with Gasteiger partial charge in [-0.15, -0.1) is 0 Å². The number of amides is 2. The Kier molecular flexibility index (Phi) is 3.84. The van der Waals surface area contributed by atoms with Gasteiger partial charge in [0.1, 0.15) is 6.61 Å². The first kappa shape index (κ1) is 14.6. The summed E-state index contributed by atoms with van der Waals surface area (Å²) in [5, 5.41) is 0. The van der Waals surface area contributed by atoms with Crippen LogP contribution >= 0.6 is 0 Å². The van der Waals surface area contributed by atoms with E-state index in [4.69, 9.17) is 4.74 Å². The van der Waals surface area contributed by atoms with Gasteiger partial charge in [-0.25, -0.2) is 9.69 Å². The molecule has 4 nitrogen and oxygen atoms in total. The molecule has 1 fully saturated rings. The molecule has 2 atom stereocenters. The van der Waals surface area contributed by atoms with Crippen LogP contribution in [0.4, 0.5) is 4.79 Å². The highest BCUT2D eigenvalue weighted by Gasteiger charge is 2.45. The van der Waals surface area contributed by atoms with Gasteiger partial charge in [-0.05, 0) is 17.9 Å². The Labute approximate surface area is 119 Å². The molecule has 2 rings (SSSR count). The number of imide groups is 1. The van der Waals surface area contributed by atoms with Gasteiger partial charge in [-0.2, -0.15) is 0 Å². The van der Waals surface area contributed by atoms with Crippen LogP contribution in [-0.2, 0) is 9.53 Å². The highest BCUT2D eigenvalue weighted by Crippen LogP contribution is 2.32. The number of carbonyl (C=O) groups is 2. The number of benzene rings is 1. The summed E-state index contributed by atoms with van der Waals surface area (Å²) < 4.78 is 5.08. The monoisotopic (exact) mass is 275 g/mol. The normalized spacial score (nSPS) is 20.7. The number of rotatable bonds is 2. The smallest absolute Gasteiger partial charge is 0.417 e. The van der Waals surface area contributed by atoms with Crippen molar-refractivity contribution in [3.05, 3.63) is 35.9 Å². The molecule has 0 aromatic heterocycles. The van der Waals surface area contributed by atoms with Crippen molar-refractivity contribution >= 4 is 12.0 Å². The van der Waals surface area contributed by atoms with E-state index in [1.165, 1.54) is 4.90 Å². The molecule has 0 spiro atoms. The second-order valence-electron chi connectivity index (χ2n) is 6.30. The van der Waals surface area contributed by atoms with Gasteiger partial charge in [0.05, 0.1) is 12.0 Å². The van der Waals surface area contributed by atoms with Crippen molar-refractivity contribution in [1.82, 2.24) is 4.90 Å². The minimum absolute atomic E-state index is 0.196. The quantitative estimate of drug-likeness (QED) is 0.832. The Balaban J connectivity index is 2.25. The van der Waals surface area contributed by atoms with Crippen molar-refractivity contribution in [3.63, 3.8) is 0 Å². The average Bonchev–Trinajstić information content (AvgIpc) is 2.80. The molecule has 0 N–H and O–H groups in total. The summed E-state index contributed by atoms with van der Waals surface area (Å²) in [4.78, 5) is 25.8. The maximum absolute atomic E-state index is 12.6. The number of hydrogen-bond acceptors (Lipinski definition) is 3. The molecule has 1 aromatic rings. The molecular formula is C16H21NO3. The summed E-state index contributed by atoms with van der Waals surface area (Å²) in [6.07, 6.45) is -0.530. The number of ether oxygens (including phenoxy) is 1. The lowest BCUT2D eigenvalue weighted by molar-refractivity contribution is -0.131. The third kappa shape index (κ3) is 2.69. The van der Waals surface area contributed by atoms with E-state index in [0.717, 1.165) is 5.56 Å². The standard InChI is InChI=1S/C16H21NO3/c1-11(12-8-6-5-7-9-12)14(18)17-13(16(2,3)4)10-20-15(17)19/h5-9,11,13H,10H2,1-4H3/t11-,13+/m0/s1. The largest absolute Gasteiger partial charge is 0.447 e. The molecule has 1 heterocycles. The predicted molar refractivity (Wildman–Crippen MR) is 76.3 cm³/mol. The van der Waals surface area contributed by atoms with Crippen LogP contribution in [-0.4, -0.2) is 29.5 Å². The van der Waals surface area contributed by atoms with Gasteiger partial charge < -0.3 is 4.74 Å². The van der Waals surface area contributed by atoms with Gasteiger partial charge in [0.2, 0.25) is 5.91 Å². The zero-order chi connectivity index (χ0) is 14.9. The number of hydrogen-bond donors (Lipinski definition) is 0. The van der Waals surface area contributed by atoms with Crippen LogP contribution in [0.1, 0.15) is 39.2 Å².